The molecule has 0 aromatic carbocycles. The van der Waals surface area contributed by atoms with Gasteiger partial charge in [0, 0.05) is 17.8 Å². The maximum atomic E-state index is 4.51. The first kappa shape index (κ1) is 11.1. The Morgan fingerprint density at radius 3 is 2.67 bits per heavy atom. The number of hydrogen-bond acceptors (Lipinski definition) is 1. The molecule has 1 aromatic rings. The molecule has 82 valence electrons. The quantitative estimate of drug-likeness (QED) is 0.710. The molecule has 2 rings (SSSR count). The van der Waals surface area contributed by atoms with E-state index in [1.165, 1.54) is 37.8 Å². The lowest BCUT2D eigenvalue weighted by Crippen LogP contribution is -2.18. The Kier molecular flexibility index (Phi) is 4.14. The summed E-state index contributed by atoms with van der Waals surface area (Å²) in [5.74, 6) is 1.53. The van der Waals surface area contributed by atoms with E-state index in [1.54, 1.807) is 0 Å². The summed E-state index contributed by atoms with van der Waals surface area (Å²) in [5, 5.41) is 0. The Morgan fingerprint density at radius 1 is 1.27 bits per heavy atom. The largest absolute Gasteiger partial charge is 0.261 e. The number of rotatable bonds is 3. The van der Waals surface area contributed by atoms with Crippen molar-refractivity contribution in [2.45, 2.75) is 38.0 Å². The van der Waals surface area contributed by atoms with Crippen LogP contribution in [0, 0.1) is 5.92 Å². The summed E-state index contributed by atoms with van der Waals surface area (Å²) in [6.07, 6.45) is 10.1. The molecule has 0 N–H and O–H groups in total. The summed E-state index contributed by atoms with van der Waals surface area (Å²) in [5.41, 5.74) is 1.29. The smallest absolute Gasteiger partial charge is 0.0440 e. The minimum Gasteiger partial charge on any atom is -0.261 e. The second-order valence-corrected chi connectivity index (χ2v) is 4.97. The molecular formula is C13H20NP. The van der Waals surface area contributed by atoms with Crippen molar-refractivity contribution in [1.29, 1.82) is 0 Å². The van der Waals surface area contributed by atoms with Gasteiger partial charge in [-0.3, -0.25) is 4.98 Å². The molecule has 0 bridgehead atoms. The molecule has 0 spiro atoms. The molecule has 1 heterocycles. The number of hydrogen-bond donors (Lipinski definition) is 0. The van der Waals surface area contributed by atoms with Crippen LogP contribution in [0.1, 0.15) is 43.7 Å². The van der Waals surface area contributed by atoms with Crippen LogP contribution in [-0.4, -0.2) is 11.1 Å². The molecule has 1 aliphatic rings. The van der Waals surface area contributed by atoms with E-state index in [-0.39, 0.29) is 0 Å². The van der Waals surface area contributed by atoms with Crippen LogP contribution in [-0.2, 0) is 0 Å². The predicted molar refractivity (Wildman–Crippen MR) is 68.1 cm³/mol. The third-order valence-corrected chi connectivity index (χ3v) is 4.05. The van der Waals surface area contributed by atoms with Gasteiger partial charge in [0.2, 0.25) is 0 Å². The standard InChI is InChI=1S/C13H20NP/c15-10-12(11-6-2-1-3-7-11)13-8-4-5-9-14-13/h4-5,8-9,11-12H,1-3,6-7,10,15H2. The highest BCUT2D eigenvalue weighted by molar-refractivity contribution is 7.16. The van der Waals surface area contributed by atoms with E-state index in [0.717, 1.165) is 12.1 Å². The van der Waals surface area contributed by atoms with Crippen molar-refractivity contribution < 1.29 is 0 Å². The SMILES string of the molecule is PCC(c1ccccn1)C1CCCCC1. The van der Waals surface area contributed by atoms with E-state index >= 15 is 0 Å². The highest BCUT2D eigenvalue weighted by Gasteiger charge is 2.24. The predicted octanol–water partition coefficient (Wildman–Crippen LogP) is 3.62. The molecule has 0 amide bonds. The zero-order chi connectivity index (χ0) is 10.5. The molecule has 0 saturated heterocycles. The van der Waals surface area contributed by atoms with Crippen LogP contribution >= 0.6 is 9.24 Å². The van der Waals surface area contributed by atoms with Crippen molar-refractivity contribution in [3.63, 3.8) is 0 Å². The first-order chi connectivity index (χ1) is 7.42. The number of aromatic nitrogens is 1. The fourth-order valence-electron chi connectivity index (χ4n) is 2.69. The average molecular weight is 221 g/mol. The van der Waals surface area contributed by atoms with Crippen molar-refractivity contribution in [1.82, 2.24) is 4.98 Å². The molecule has 1 aromatic heterocycles. The zero-order valence-corrected chi connectivity index (χ0v) is 10.4. The van der Waals surface area contributed by atoms with E-state index in [4.69, 9.17) is 0 Å². The second-order valence-electron chi connectivity index (χ2n) is 4.49. The summed E-state index contributed by atoms with van der Waals surface area (Å²) >= 11 is 0. The van der Waals surface area contributed by atoms with Gasteiger partial charge in [0.1, 0.15) is 0 Å². The molecule has 2 heteroatoms. The summed E-state index contributed by atoms with van der Waals surface area (Å²) in [7, 11) is 2.90. The minimum absolute atomic E-state index is 0.663. The van der Waals surface area contributed by atoms with Crippen LogP contribution in [0.4, 0.5) is 0 Å². The van der Waals surface area contributed by atoms with Crippen LogP contribution < -0.4 is 0 Å². The molecule has 2 unspecified atom stereocenters. The third kappa shape index (κ3) is 2.78. The summed E-state index contributed by atoms with van der Waals surface area (Å²) < 4.78 is 0. The van der Waals surface area contributed by atoms with Gasteiger partial charge < -0.3 is 0 Å². The van der Waals surface area contributed by atoms with Crippen LogP contribution in [0.3, 0.4) is 0 Å². The van der Waals surface area contributed by atoms with Crippen molar-refractivity contribution >= 4 is 9.24 Å². The van der Waals surface area contributed by atoms with Crippen LogP contribution in [0.2, 0.25) is 0 Å². The van der Waals surface area contributed by atoms with Crippen LogP contribution in [0.5, 0.6) is 0 Å². The van der Waals surface area contributed by atoms with Crippen LogP contribution in [0.25, 0.3) is 0 Å². The lowest BCUT2D eigenvalue weighted by molar-refractivity contribution is 0.315. The molecule has 0 aliphatic heterocycles. The van der Waals surface area contributed by atoms with Crippen molar-refractivity contribution in [3.8, 4) is 0 Å². The highest BCUT2D eigenvalue weighted by Crippen LogP contribution is 2.36. The average Bonchev–Trinajstić information content (AvgIpc) is 2.33. The lowest BCUT2D eigenvalue weighted by atomic mass is 9.79. The Bertz CT molecular complexity index is 280. The minimum atomic E-state index is 0.663. The first-order valence-electron chi connectivity index (χ1n) is 6.03. The molecule has 15 heavy (non-hydrogen) atoms. The van der Waals surface area contributed by atoms with Crippen molar-refractivity contribution in [3.05, 3.63) is 30.1 Å². The monoisotopic (exact) mass is 221 g/mol. The van der Waals surface area contributed by atoms with Gasteiger partial charge in [0.25, 0.3) is 0 Å². The van der Waals surface area contributed by atoms with Crippen LogP contribution in [0.15, 0.2) is 24.4 Å². The van der Waals surface area contributed by atoms with Gasteiger partial charge in [-0.1, -0.05) is 25.3 Å². The summed E-state index contributed by atoms with van der Waals surface area (Å²) in [6, 6.07) is 6.30. The fourth-order valence-corrected chi connectivity index (χ4v) is 3.31. The number of nitrogens with zero attached hydrogens (tertiary/aromatic N) is 1. The van der Waals surface area contributed by atoms with E-state index in [1.807, 2.05) is 12.3 Å². The van der Waals surface area contributed by atoms with Crippen molar-refractivity contribution in [2.24, 2.45) is 5.92 Å². The van der Waals surface area contributed by atoms with Crippen molar-refractivity contribution in [2.75, 3.05) is 6.16 Å². The molecule has 1 fully saturated rings. The maximum Gasteiger partial charge on any atom is 0.0440 e. The van der Waals surface area contributed by atoms with Gasteiger partial charge in [-0.05, 0) is 37.1 Å². The zero-order valence-electron chi connectivity index (χ0n) is 9.23. The third-order valence-electron chi connectivity index (χ3n) is 3.54. The topological polar surface area (TPSA) is 12.9 Å². The molecule has 1 nitrogen and oxygen atoms in total. The Morgan fingerprint density at radius 2 is 2.07 bits per heavy atom. The van der Waals surface area contributed by atoms with E-state index in [2.05, 4.69) is 26.4 Å². The van der Waals surface area contributed by atoms with Gasteiger partial charge in [-0.2, -0.15) is 0 Å². The second kappa shape index (κ2) is 5.61. The van der Waals surface area contributed by atoms with E-state index < -0.39 is 0 Å². The highest BCUT2D eigenvalue weighted by atomic mass is 31.0. The maximum absolute atomic E-state index is 4.51. The molecule has 1 aliphatic carbocycles. The summed E-state index contributed by atoms with van der Waals surface area (Å²) in [6.45, 7) is 0. The van der Waals surface area contributed by atoms with Gasteiger partial charge in [0.15, 0.2) is 0 Å². The van der Waals surface area contributed by atoms with Gasteiger partial charge in [-0.15, -0.1) is 9.24 Å². The van der Waals surface area contributed by atoms with Gasteiger partial charge in [-0.25, -0.2) is 0 Å². The molecule has 0 radical (unpaired) electrons. The lowest BCUT2D eigenvalue weighted by Gasteiger charge is -2.29. The Hall–Kier alpha value is -0.420. The first-order valence-corrected chi connectivity index (χ1v) is 6.84. The number of pyridine rings is 1. The Labute approximate surface area is 94.9 Å². The fraction of sp³-hybridized carbons (Fsp3) is 0.615. The molecular weight excluding hydrogens is 201 g/mol. The van der Waals surface area contributed by atoms with E-state index in [0.29, 0.717) is 5.92 Å². The Balaban J connectivity index is 2.09. The van der Waals surface area contributed by atoms with Gasteiger partial charge >= 0.3 is 0 Å². The molecule has 1 saturated carbocycles. The van der Waals surface area contributed by atoms with Gasteiger partial charge in [0.05, 0.1) is 0 Å². The summed E-state index contributed by atoms with van der Waals surface area (Å²) in [4.78, 5) is 4.51. The normalized spacial score (nSPS) is 20.1. The molecule has 2 atom stereocenters. The van der Waals surface area contributed by atoms with E-state index in [9.17, 15) is 0 Å².